The van der Waals surface area contributed by atoms with Crippen LogP contribution in [0, 0.1) is 6.92 Å². The first kappa shape index (κ1) is 27.0. The van der Waals surface area contributed by atoms with E-state index in [1.54, 1.807) is 27.0 Å². The average Bonchev–Trinajstić information content (AvgIpc) is 3.41. The largest absolute Gasteiger partial charge is 0.480 e. The van der Waals surface area contributed by atoms with Gasteiger partial charge in [0.25, 0.3) is 0 Å². The van der Waals surface area contributed by atoms with Gasteiger partial charge in [0.15, 0.2) is 0 Å². The molecule has 5 rings (SSSR count). The van der Waals surface area contributed by atoms with Gasteiger partial charge in [-0.15, -0.1) is 0 Å². The van der Waals surface area contributed by atoms with Crippen molar-refractivity contribution < 1.29 is 29.0 Å². The highest BCUT2D eigenvalue weighted by Crippen LogP contribution is 2.44. The van der Waals surface area contributed by atoms with Crippen molar-refractivity contribution in [3.8, 4) is 11.1 Å². The number of hydrogen-bond donors (Lipinski definition) is 2. The monoisotopic (exact) mass is 540 g/mol. The number of carboxylic acids is 1. The smallest absolute Gasteiger partial charge is 0.419 e. The number of amides is 1. The molecule has 206 valence electrons. The molecule has 0 radical (unpaired) electrons. The molecular weight excluding hydrogens is 508 g/mol. The number of aryl methyl sites for hydroxylation is 1. The molecule has 1 heterocycles. The van der Waals surface area contributed by atoms with Crippen molar-refractivity contribution in [3.05, 3.63) is 95.2 Å². The summed E-state index contributed by atoms with van der Waals surface area (Å²) in [4.78, 5) is 37.9. The summed E-state index contributed by atoms with van der Waals surface area (Å²) in [7, 11) is 0. The number of aromatic nitrogens is 1. The quantitative estimate of drug-likeness (QED) is 0.299. The molecule has 0 saturated heterocycles. The zero-order chi connectivity index (χ0) is 28.6. The minimum atomic E-state index is -1.27. The number of carboxylic acid groups (broad SMARTS) is 1. The SMILES string of the molecule is Cc1ccc2c(CC(NC(=O)OCC3c4ccccc4-c4ccccc43)C(=O)O)cn(C(=O)OC(C)(C)C)c2c1. The second-order valence-corrected chi connectivity index (χ2v) is 11.1. The summed E-state index contributed by atoms with van der Waals surface area (Å²) in [6.45, 7) is 7.32. The topological polar surface area (TPSA) is 107 Å². The summed E-state index contributed by atoms with van der Waals surface area (Å²) in [6.07, 6.45) is 0.147. The third-order valence-electron chi connectivity index (χ3n) is 6.99. The number of fused-ring (bicyclic) bond motifs is 4. The lowest BCUT2D eigenvalue weighted by Crippen LogP contribution is -2.42. The zero-order valence-electron chi connectivity index (χ0n) is 22.9. The van der Waals surface area contributed by atoms with E-state index < -0.39 is 29.8 Å². The highest BCUT2D eigenvalue weighted by Gasteiger charge is 2.30. The Morgan fingerprint density at radius 3 is 2.20 bits per heavy atom. The lowest BCUT2D eigenvalue weighted by molar-refractivity contribution is -0.139. The van der Waals surface area contributed by atoms with Gasteiger partial charge in [0.05, 0.1) is 5.52 Å². The molecule has 4 aromatic rings. The standard InChI is InChI=1S/C32H32N2O6/c1-19-13-14-21-20(17-34(28(21)15-19)31(38)40-32(2,3)4)16-27(29(35)36)33-30(37)39-18-26-24-11-7-5-9-22(24)23-10-6-8-12-25(23)26/h5-15,17,26-27H,16,18H2,1-4H3,(H,33,37)(H,35,36). The second-order valence-electron chi connectivity index (χ2n) is 11.1. The second kappa shape index (κ2) is 10.5. The molecule has 0 aliphatic heterocycles. The Labute approximate surface area is 232 Å². The molecule has 1 unspecified atom stereocenters. The lowest BCUT2D eigenvalue weighted by Gasteiger charge is -2.19. The van der Waals surface area contributed by atoms with Crippen LogP contribution < -0.4 is 5.32 Å². The Morgan fingerprint density at radius 2 is 1.60 bits per heavy atom. The van der Waals surface area contributed by atoms with Crippen LogP contribution >= 0.6 is 0 Å². The van der Waals surface area contributed by atoms with Gasteiger partial charge in [-0.25, -0.2) is 14.4 Å². The number of ether oxygens (including phenoxy) is 2. The number of aliphatic carboxylic acids is 1. The van der Waals surface area contributed by atoms with E-state index in [1.165, 1.54) is 4.57 Å². The van der Waals surface area contributed by atoms with Crippen molar-refractivity contribution in [2.24, 2.45) is 0 Å². The van der Waals surface area contributed by atoms with E-state index in [0.717, 1.165) is 27.8 Å². The van der Waals surface area contributed by atoms with E-state index in [9.17, 15) is 19.5 Å². The summed E-state index contributed by atoms with van der Waals surface area (Å²) in [5, 5.41) is 13.1. The number of rotatable bonds is 6. The Morgan fingerprint density at radius 1 is 0.975 bits per heavy atom. The maximum Gasteiger partial charge on any atom is 0.419 e. The van der Waals surface area contributed by atoms with Crippen LogP contribution in [0.4, 0.5) is 9.59 Å². The van der Waals surface area contributed by atoms with Crippen molar-refractivity contribution >= 4 is 29.1 Å². The first-order valence-corrected chi connectivity index (χ1v) is 13.2. The van der Waals surface area contributed by atoms with Gasteiger partial charge in [-0.1, -0.05) is 60.7 Å². The van der Waals surface area contributed by atoms with Gasteiger partial charge in [0, 0.05) is 23.9 Å². The number of nitrogens with zero attached hydrogens (tertiary/aromatic N) is 1. The Balaban J connectivity index is 1.33. The number of nitrogens with one attached hydrogen (secondary N) is 1. The van der Waals surface area contributed by atoms with E-state index in [4.69, 9.17) is 9.47 Å². The fourth-order valence-corrected chi connectivity index (χ4v) is 5.23. The Hall–Kier alpha value is -4.59. The normalized spacial score (nSPS) is 13.4. The predicted molar refractivity (Wildman–Crippen MR) is 152 cm³/mol. The molecular formula is C32H32N2O6. The molecule has 1 amide bonds. The van der Waals surface area contributed by atoms with Crippen molar-refractivity contribution in [1.29, 1.82) is 0 Å². The molecule has 1 aromatic heterocycles. The van der Waals surface area contributed by atoms with Crippen molar-refractivity contribution in [3.63, 3.8) is 0 Å². The molecule has 1 aliphatic rings. The van der Waals surface area contributed by atoms with Crippen LogP contribution in [0.3, 0.4) is 0 Å². The number of alkyl carbamates (subject to hydrolysis) is 1. The van der Waals surface area contributed by atoms with Gasteiger partial charge < -0.3 is 19.9 Å². The Kier molecular flexibility index (Phi) is 7.10. The third kappa shape index (κ3) is 5.43. The summed E-state index contributed by atoms with van der Waals surface area (Å²) in [6, 6.07) is 20.3. The molecule has 8 nitrogen and oxygen atoms in total. The van der Waals surface area contributed by atoms with E-state index in [1.807, 2.05) is 73.7 Å². The van der Waals surface area contributed by atoms with Crippen LogP contribution in [0.5, 0.6) is 0 Å². The summed E-state index contributed by atoms with van der Waals surface area (Å²) in [5.74, 6) is -1.35. The van der Waals surface area contributed by atoms with Gasteiger partial charge in [-0.2, -0.15) is 0 Å². The number of hydrogen-bond acceptors (Lipinski definition) is 5. The van der Waals surface area contributed by atoms with Gasteiger partial charge >= 0.3 is 18.2 Å². The number of carbonyl (C=O) groups excluding carboxylic acids is 2. The van der Waals surface area contributed by atoms with E-state index in [2.05, 4.69) is 5.32 Å². The van der Waals surface area contributed by atoms with Gasteiger partial charge in [0.2, 0.25) is 0 Å². The predicted octanol–water partition coefficient (Wildman–Crippen LogP) is 6.27. The third-order valence-corrected chi connectivity index (χ3v) is 6.99. The highest BCUT2D eigenvalue weighted by atomic mass is 16.6. The number of benzene rings is 3. The van der Waals surface area contributed by atoms with Crippen LogP contribution in [0.15, 0.2) is 72.9 Å². The van der Waals surface area contributed by atoms with Crippen molar-refractivity contribution in [2.75, 3.05) is 6.61 Å². The molecule has 0 spiro atoms. The highest BCUT2D eigenvalue weighted by molar-refractivity contribution is 5.93. The van der Waals surface area contributed by atoms with E-state index >= 15 is 0 Å². The van der Waals surface area contributed by atoms with Gasteiger partial charge in [-0.05, 0) is 67.1 Å². The van der Waals surface area contributed by atoms with Crippen molar-refractivity contribution in [1.82, 2.24) is 9.88 Å². The summed E-state index contributed by atoms with van der Waals surface area (Å²) in [5.41, 5.74) is 5.77. The first-order chi connectivity index (χ1) is 19.0. The Bertz CT molecular complexity index is 1570. The minimum Gasteiger partial charge on any atom is -0.480 e. The van der Waals surface area contributed by atoms with Crippen LogP contribution in [-0.4, -0.2) is 46.1 Å². The minimum absolute atomic E-state index is 0.0467. The molecule has 1 aliphatic carbocycles. The molecule has 0 fully saturated rings. The van der Waals surface area contributed by atoms with Crippen LogP contribution in [0.1, 0.15) is 48.9 Å². The molecule has 8 heteroatoms. The molecule has 0 bridgehead atoms. The molecule has 0 saturated carbocycles. The zero-order valence-corrected chi connectivity index (χ0v) is 22.9. The fraction of sp³-hybridized carbons (Fsp3) is 0.281. The van der Waals surface area contributed by atoms with Gasteiger partial charge in [-0.3, -0.25) is 4.57 Å². The average molecular weight is 541 g/mol. The fourth-order valence-electron chi connectivity index (χ4n) is 5.23. The first-order valence-electron chi connectivity index (χ1n) is 13.2. The summed E-state index contributed by atoms with van der Waals surface area (Å²) >= 11 is 0. The van der Waals surface area contributed by atoms with E-state index in [-0.39, 0.29) is 18.9 Å². The van der Waals surface area contributed by atoms with Gasteiger partial charge in [0.1, 0.15) is 18.2 Å². The molecule has 1 atom stereocenters. The maximum absolute atomic E-state index is 12.9. The molecule has 3 aromatic carbocycles. The lowest BCUT2D eigenvalue weighted by atomic mass is 9.98. The van der Waals surface area contributed by atoms with Crippen LogP contribution in [-0.2, 0) is 20.7 Å². The van der Waals surface area contributed by atoms with Crippen LogP contribution in [0.2, 0.25) is 0 Å². The van der Waals surface area contributed by atoms with E-state index in [0.29, 0.717) is 16.5 Å². The van der Waals surface area contributed by atoms with Crippen LogP contribution in [0.25, 0.3) is 22.0 Å². The maximum atomic E-state index is 12.9. The van der Waals surface area contributed by atoms with Crippen molar-refractivity contribution in [2.45, 2.75) is 51.7 Å². The molecule has 2 N–H and O–H groups in total. The molecule has 40 heavy (non-hydrogen) atoms. The summed E-state index contributed by atoms with van der Waals surface area (Å²) < 4.78 is 12.5. The number of carbonyl (C=O) groups is 3.